The van der Waals surface area contributed by atoms with Gasteiger partial charge in [-0.1, -0.05) is 6.08 Å². The third-order valence-corrected chi connectivity index (χ3v) is 4.42. The van der Waals surface area contributed by atoms with Gasteiger partial charge >= 0.3 is 11.9 Å². The van der Waals surface area contributed by atoms with E-state index >= 15 is 0 Å². The molecule has 1 aromatic rings. The first-order valence-electron chi connectivity index (χ1n) is 8.73. The standard InChI is InChI=1S/C20H21N3O5/c1-27-19(25)16-5-3-4-11-23(18(16)20(26)28-2)15-8-6-14(7-9-15)22-12-10-21-13-17(22)24/h3-9,11,21H,10,12-13H2,1-2H3. The summed E-state index contributed by atoms with van der Waals surface area (Å²) in [6.07, 6.45) is 6.50. The van der Waals surface area contributed by atoms with Crippen LogP contribution >= 0.6 is 0 Å². The van der Waals surface area contributed by atoms with Crippen molar-refractivity contribution in [1.29, 1.82) is 0 Å². The van der Waals surface area contributed by atoms with Crippen molar-refractivity contribution in [3.8, 4) is 0 Å². The number of benzene rings is 1. The number of hydrogen-bond donors (Lipinski definition) is 1. The Labute approximate surface area is 162 Å². The first-order chi connectivity index (χ1) is 13.6. The number of methoxy groups -OCH3 is 2. The fourth-order valence-corrected chi connectivity index (χ4v) is 3.04. The summed E-state index contributed by atoms with van der Waals surface area (Å²) >= 11 is 0. The van der Waals surface area contributed by atoms with Gasteiger partial charge in [-0.25, -0.2) is 9.59 Å². The average molecular weight is 383 g/mol. The van der Waals surface area contributed by atoms with Crippen LogP contribution in [0.25, 0.3) is 0 Å². The van der Waals surface area contributed by atoms with Gasteiger partial charge in [-0.3, -0.25) is 4.79 Å². The zero-order valence-electron chi connectivity index (χ0n) is 15.7. The third kappa shape index (κ3) is 3.81. The Kier molecular flexibility index (Phi) is 5.90. The Balaban J connectivity index is 1.99. The molecule has 8 nitrogen and oxygen atoms in total. The van der Waals surface area contributed by atoms with Gasteiger partial charge in [0.1, 0.15) is 5.70 Å². The number of esters is 2. The molecule has 0 aliphatic carbocycles. The van der Waals surface area contributed by atoms with Crippen LogP contribution in [-0.4, -0.2) is 51.7 Å². The van der Waals surface area contributed by atoms with Crippen LogP contribution in [-0.2, 0) is 23.9 Å². The fraction of sp³-hybridized carbons (Fsp3) is 0.250. The predicted molar refractivity (Wildman–Crippen MR) is 103 cm³/mol. The van der Waals surface area contributed by atoms with Crippen LogP contribution in [0.1, 0.15) is 0 Å². The molecule has 28 heavy (non-hydrogen) atoms. The van der Waals surface area contributed by atoms with E-state index < -0.39 is 11.9 Å². The highest BCUT2D eigenvalue weighted by molar-refractivity contribution is 6.05. The molecule has 0 aromatic heterocycles. The highest BCUT2D eigenvalue weighted by atomic mass is 16.5. The van der Waals surface area contributed by atoms with Crippen molar-refractivity contribution in [2.24, 2.45) is 0 Å². The van der Waals surface area contributed by atoms with Gasteiger partial charge in [-0.15, -0.1) is 0 Å². The molecule has 1 amide bonds. The van der Waals surface area contributed by atoms with Crippen LogP contribution < -0.4 is 15.1 Å². The Morgan fingerprint density at radius 3 is 2.32 bits per heavy atom. The summed E-state index contributed by atoms with van der Waals surface area (Å²) in [7, 11) is 2.50. The first-order valence-corrected chi connectivity index (χ1v) is 8.73. The van der Waals surface area contributed by atoms with Crippen molar-refractivity contribution in [1.82, 2.24) is 5.32 Å². The molecule has 8 heteroatoms. The Bertz CT molecular complexity index is 870. The van der Waals surface area contributed by atoms with E-state index in [0.717, 1.165) is 12.2 Å². The summed E-state index contributed by atoms with van der Waals surface area (Å²) in [4.78, 5) is 39.9. The highest BCUT2D eigenvalue weighted by Crippen LogP contribution is 2.28. The topological polar surface area (TPSA) is 88.2 Å². The summed E-state index contributed by atoms with van der Waals surface area (Å²) < 4.78 is 9.69. The molecule has 1 saturated heterocycles. The SMILES string of the molecule is COC(=O)C1=C(C(=O)OC)N(c2ccc(N3CCNCC3=O)cc2)C=CC=C1. The maximum absolute atomic E-state index is 12.4. The van der Waals surface area contributed by atoms with Crippen molar-refractivity contribution in [2.45, 2.75) is 0 Å². The summed E-state index contributed by atoms with van der Waals surface area (Å²) in [6, 6.07) is 7.16. The smallest absolute Gasteiger partial charge is 0.355 e. The lowest BCUT2D eigenvalue weighted by Gasteiger charge is -2.28. The van der Waals surface area contributed by atoms with Gasteiger partial charge in [0.15, 0.2) is 0 Å². The molecular formula is C20H21N3O5. The third-order valence-electron chi connectivity index (χ3n) is 4.42. The Hall–Kier alpha value is -3.39. The van der Waals surface area contributed by atoms with Crippen molar-refractivity contribution in [3.63, 3.8) is 0 Å². The van der Waals surface area contributed by atoms with Gasteiger partial charge in [-0.2, -0.15) is 0 Å². The van der Waals surface area contributed by atoms with Crippen LogP contribution in [0.5, 0.6) is 0 Å². The predicted octanol–water partition coefficient (Wildman–Crippen LogP) is 1.11. The number of nitrogens with one attached hydrogen (secondary N) is 1. The number of ether oxygens (including phenoxy) is 2. The van der Waals surface area contributed by atoms with Crippen molar-refractivity contribution in [3.05, 3.63) is 60.0 Å². The molecule has 146 valence electrons. The molecule has 0 atom stereocenters. The molecule has 0 saturated carbocycles. The molecule has 0 unspecified atom stereocenters. The molecule has 0 bridgehead atoms. The van der Waals surface area contributed by atoms with E-state index in [1.165, 1.54) is 20.3 Å². The summed E-state index contributed by atoms with van der Waals surface area (Å²) in [6.45, 7) is 1.62. The normalized spacial score (nSPS) is 16.9. The lowest BCUT2D eigenvalue weighted by Crippen LogP contribution is -2.48. The van der Waals surface area contributed by atoms with E-state index in [-0.39, 0.29) is 17.2 Å². The fourth-order valence-electron chi connectivity index (χ4n) is 3.04. The molecular weight excluding hydrogens is 362 g/mol. The number of amides is 1. The monoisotopic (exact) mass is 383 g/mol. The van der Waals surface area contributed by atoms with Gasteiger partial charge in [0.25, 0.3) is 0 Å². The van der Waals surface area contributed by atoms with Crippen LogP contribution in [0.15, 0.2) is 60.0 Å². The molecule has 0 spiro atoms. The molecule has 2 aliphatic heterocycles. The first kappa shape index (κ1) is 19.4. The molecule has 2 heterocycles. The second-order valence-electron chi connectivity index (χ2n) is 6.05. The van der Waals surface area contributed by atoms with Crippen LogP contribution in [0.2, 0.25) is 0 Å². The highest BCUT2D eigenvalue weighted by Gasteiger charge is 2.27. The Morgan fingerprint density at radius 1 is 1.00 bits per heavy atom. The van der Waals surface area contributed by atoms with Gasteiger partial charge in [-0.05, 0) is 36.4 Å². The quantitative estimate of drug-likeness (QED) is 0.780. The molecule has 3 rings (SSSR count). The number of anilines is 2. The molecule has 1 aromatic carbocycles. The van der Waals surface area contributed by atoms with Crippen molar-refractivity contribution >= 4 is 29.2 Å². The second kappa shape index (κ2) is 8.53. The zero-order chi connectivity index (χ0) is 20.1. The van der Waals surface area contributed by atoms with Crippen LogP contribution in [0.4, 0.5) is 11.4 Å². The lowest BCUT2D eigenvalue weighted by molar-refractivity contribution is -0.139. The van der Waals surface area contributed by atoms with E-state index in [4.69, 9.17) is 9.47 Å². The number of allylic oxidation sites excluding steroid dienone is 2. The number of carbonyl (C=O) groups is 3. The minimum absolute atomic E-state index is 0.000918. The summed E-state index contributed by atoms with van der Waals surface area (Å²) in [5.41, 5.74) is 1.53. The Morgan fingerprint density at radius 2 is 1.68 bits per heavy atom. The zero-order valence-corrected chi connectivity index (χ0v) is 15.7. The number of nitrogens with zero attached hydrogens (tertiary/aromatic N) is 2. The second-order valence-corrected chi connectivity index (χ2v) is 6.05. The number of piperazine rings is 1. The number of carbonyl (C=O) groups excluding carboxylic acids is 3. The van der Waals surface area contributed by atoms with Gasteiger partial charge < -0.3 is 24.6 Å². The molecule has 1 N–H and O–H groups in total. The van der Waals surface area contributed by atoms with Gasteiger partial charge in [0.05, 0.1) is 26.3 Å². The summed E-state index contributed by atoms with van der Waals surface area (Å²) in [5, 5.41) is 3.03. The lowest BCUT2D eigenvalue weighted by atomic mass is 10.1. The molecule has 0 radical (unpaired) electrons. The average Bonchev–Trinajstić information content (AvgIpc) is 2.96. The van der Waals surface area contributed by atoms with E-state index in [0.29, 0.717) is 18.8 Å². The molecule has 1 fully saturated rings. The largest absolute Gasteiger partial charge is 0.465 e. The number of hydrogen-bond acceptors (Lipinski definition) is 7. The van der Waals surface area contributed by atoms with E-state index in [9.17, 15) is 14.4 Å². The van der Waals surface area contributed by atoms with Gasteiger partial charge in [0.2, 0.25) is 5.91 Å². The minimum Gasteiger partial charge on any atom is -0.465 e. The van der Waals surface area contributed by atoms with Crippen molar-refractivity contribution in [2.75, 3.05) is 43.7 Å². The summed E-state index contributed by atoms with van der Waals surface area (Å²) in [5.74, 6) is -1.31. The van der Waals surface area contributed by atoms with Crippen LogP contribution in [0.3, 0.4) is 0 Å². The molecule has 2 aliphatic rings. The minimum atomic E-state index is -0.669. The number of rotatable bonds is 4. The van der Waals surface area contributed by atoms with E-state index in [1.807, 2.05) is 0 Å². The van der Waals surface area contributed by atoms with Gasteiger partial charge in [0, 0.05) is 30.7 Å². The van der Waals surface area contributed by atoms with Crippen molar-refractivity contribution < 1.29 is 23.9 Å². The van der Waals surface area contributed by atoms with E-state index in [1.54, 1.807) is 52.4 Å². The van der Waals surface area contributed by atoms with E-state index in [2.05, 4.69) is 5.32 Å². The maximum atomic E-state index is 12.4. The van der Waals surface area contributed by atoms with Crippen LogP contribution in [0, 0.1) is 0 Å². The maximum Gasteiger partial charge on any atom is 0.355 e.